The molecule has 1 aromatic carbocycles. The summed E-state index contributed by atoms with van der Waals surface area (Å²) in [5.74, 6) is 0.606. The summed E-state index contributed by atoms with van der Waals surface area (Å²) in [5.41, 5.74) is 0.489. The van der Waals surface area contributed by atoms with Gasteiger partial charge in [0.2, 0.25) is 10.0 Å². The lowest BCUT2D eigenvalue weighted by atomic mass is 10.3. The van der Waals surface area contributed by atoms with Crippen molar-refractivity contribution in [2.75, 3.05) is 18.4 Å². The van der Waals surface area contributed by atoms with Crippen molar-refractivity contribution in [3.05, 3.63) is 22.7 Å². The van der Waals surface area contributed by atoms with E-state index in [-0.39, 0.29) is 0 Å². The van der Waals surface area contributed by atoms with E-state index in [0.29, 0.717) is 28.5 Å². The van der Waals surface area contributed by atoms with Gasteiger partial charge < -0.3 is 10.1 Å². The topological polar surface area (TPSA) is 67.4 Å². The Labute approximate surface area is 128 Å². The number of hydrogen-bond donors (Lipinski definition) is 2. The van der Waals surface area contributed by atoms with Gasteiger partial charge in [-0.05, 0) is 47.8 Å². The Kier molecular flexibility index (Phi) is 4.93. The highest BCUT2D eigenvalue weighted by Gasteiger charge is 2.26. The Morgan fingerprint density at radius 3 is 2.75 bits per heavy atom. The summed E-state index contributed by atoms with van der Waals surface area (Å²) in [6.45, 7) is 2.16. The average molecular weight is 363 g/mol. The number of sulfonamides is 1. The summed E-state index contributed by atoms with van der Waals surface area (Å²) in [6, 6.07) is 5.67. The van der Waals surface area contributed by atoms with Crippen molar-refractivity contribution < 1.29 is 13.2 Å². The van der Waals surface area contributed by atoms with Crippen molar-refractivity contribution in [3.8, 4) is 5.75 Å². The van der Waals surface area contributed by atoms with Gasteiger partial charge in [0, 0.05) is 23.1 Å². The Morgan fingerprint density at radius 1 is 1.45 bits per heavy atom. The second-order valence-electron chi connectivity index (χ2n) is 4.99. The third kappa shape index (κ3) is 4.10. The van der Waals surface area contributed by atoms with Gasteiger partial charge in [0.05, 0.1) is 18.0 Å². The molecule has 112 valence electrons. The van der Waals surface area contributed by atoms with Gasteiger partial charge in [0.15, 0.2) is 0 Å². The van der Waals surface area contributed by atoms with Crippen LogP contribution in [0.2, 0.25) is 0 Å². The zero-order valence-corrected chi connectivity index (χ0v) is 13.9. The number of rotatable bonds is 7. The lowest BCUT2D eigenvalue weighted by molar-refractivity contribution is 0.415. The normalized spacial score (nSPS) is 16.8. The van der Waals surface area contributed by atoms with Crippen LogP contribution >= 0.6 is 15.9 Å². The van der Waals surface area contributed by atoms with Crippen molar-refractivity contribution in [1.29, 1.82) is 0 Å². The standard InChI is InChI=1S/C13H19BrN2O3S/c1-9(8-15-10-3-4-10)20(17,18)16-13-7-11(19-2)5-6-12(13)14/h5-7,9-10,15-16H,3-4,8H2,1-2H3. The molecule has 7 heteroatoms. The Balaban J connectivity index is 2.06. The molecule has 0 bridgehead atoms. The number of methoxy groups -OCH3 is 1. The maximum atomic E-state index is 12.3. The molecule has 20 heavy (non-hydrogen) atoms. The quantitative estimate of drug-likeness (QED) is 0.780. The minimum atomic E-state index is -3.43. The molecule has 5 nitrogen and oxygen atoms in total. The molecule has 2 N–H and O–H groups in total. The molecule has 0 aromatic heterocycles. The van der Waals surface area contributed by atoms with E-state index in [1.54, 1.807) is 32.2 Å². The van der Waals surface area contributed by atoms with Crippen molar-refractivity contribution in [3.63, 3.8) is 0 Å². The van der Waals surface area contributed by atoms with E-state index < -0.39 is 15.3 Å². The number of halogens is 1. The van der Waals surface area contributed by atoms with Crippen LogP contribution in [0.25, 0.3) is 0 Å². The van der Waals surface area contributed by atoms with Crippen LogP contribution in [0.15, 0.2) is 22.7 Å². The number of benzene rings is 1. The highest BCUT2D eigenvalue weighted by molar-refractivity contribution is 9.10. The second-order valence-corrected chi connectivity index (χ2v) is 7.94. The van der Waals surface area contributed by atoms with Crippen molar-refractivity contribution in [2.45, 2.75) is 31.1 Å². The molecule has 2 rings (SSSR count). The van der Waals surface area contributed by atoms with E-state index in [0.717, 1.165) is 12.8 Å². The Morgan fingerprint density at radius 2 is 2.15 bits per heavy atom. The predicted molar refractivity (Wildman–Crippen MR) is 83.7 cm³/mol. The van der Waals surface area contributed by atoms with Gasteiger partial charge in [-0.25, -0.2) is 8.42 Å². The first-order valence-corrected chi connectivity index (χ1v) is 8.85. The molecule has 0 saturated heterocycles. The van der Waals surface area contributed by atoms with Crippen LogP contribution in [-0.4, -0.2) is 33.4 Å². The summed E-state index contributed by atoms with van der Waals surface area (Å²) in [4.78, 5) is 0. The SMILES string of the molecule is COc1ccc(Br)c(NS(=O)(=O)C(C)CNC2CC2)c1. The zero-order chi connectivity index (χ0) is 14.8. The van der Waals surface area contributed by atoms with E-state index in [4.69, 9.17) is 4.74 Å². The van der Waals surface area contributed by atoms with Gasteiger partial charge in [-0.15, -0.1) is 0 Å². The van der Waals surface area contributed by atoms with Crippen LogP contribution in [0.1, 0.15) is 19.8 Å². The van der Waals surface area contributed by atoms with Crippen LogP contribution in [0.3, 0.4) is 0 Å². The molecule has 0 spiro atoms. The number of hydrogen-bond acceptors (Lipinski definition) is 4. The molecule has 1 aliphatic rings. The van der Waals surface area contributed by atoms with E-state index in [1.165, 1.54) is 0 Å². The third-order valence-corrected chi connectivity index (χ3v) is 5.65. The first-order valence-electron chi connectivity index (χ1n) is 6.51. The lowest BCUT2D eigenvalue weighted by Gasteiger charge is -2.16. The summed E-state index contributed by atoms with van der Waals surface area (Å²) in [6.07, 6.45) is 2.28. The lowest BCUT2D eigenvalue weighted by Crippen LogP contribution is -2.35. The zero-order valence-electron chi connectivity index (χ0n) is 11.5. The summed E-state index contributed by atoms with van der Waals surface area (Å²) in [7, 11) is -1.88. The Hall–Kier alpha value is -0.790. The molecule has 0 radical (unpaired) electrons. The Bertz CT molecular complexity index is 573. The summed E-state index contributed by atoms with van der Waals surface area (Å²) in [5, 5.41) is 2.73. The molecule has 1 atom stereocenters. The van der Waals surface area contributed by atoms with Crippen molar-refractivity contribution in [1.82, 2.24) is 5.32 Å². The van der Waals surface area contributed by atoms with Crippen LogP contribution in [0.5, 0.6) is 5.75 Å². The fourth-order valence-electron chi connectivity index (χ4n) is 1.69. The predicted octanol–water partition coefficient (Wildman–Crippen LogP) is 2.34. The van der Waals surface area contributed by atoms with E-state index in [9.17, 15) is 8.42 Å². The molecular weight excluding hydrogens is 344 g/mol. The fourth-order valence-corrected chi connectivity index (χ4v) is 3.16. The van der Waals surface area contributed by atoms with Crippen LogP contribution in [-0.2, 0) is 10.0 Å². The minimum absolute atomic E-state index is 0.460. The first kappa shape index (κ1) is 15.6. The molecule has 1 fully saturated rings. The van der Waals surface area contributed by atoms with Crippen LogP contribution in [0, 0.1) is 0 Å². The van der Waals surface area contributed by atoms with Gasteiger partial charge in [0.25, 0.3) is 0 Å². The number of anilines is 1. The van der Waals surface area contributed by atoms with Gasteiger partial charge in [-0.1, -0.05) is 0 Å². The van der Waals surface area contributed by atoms with Gasteiger partial charge >= 0.3 is 0 Å². The van der Waals surface area contributed by atoms with Gasteiger partial charge in [-0.2, -0.15) is 0 Å². The van der Waals surface area contributed by atoms with E-state index in [2.05, 4.69) is 26.0 Å². The highest BCUT2D eigenvalue weighted by Crippen LogP contribution is 2.28. The molecule has 0 aliphatic heterocycles. The number of nitrogens with one attached hydrogen (secondary N) is 2. The molecule has 1 unspecified atom stereocenters. The maximum Gasteiger partial charge on any atom is 0.236 e. The molecular formula is C13H19BrN2O3S. The summed E-state index contributed by atoms with van der Waals surface area (Å²) < 4.78 is 32.9. The van der Waals surface area contributed by atoms with Crippen molar-refractivity contribution in [2.24, 2.45) is 0 Å². The molecule has 0 amide bonds. The van der Waals surface area contributed by atoms with Crippen LogP contribution in [0.4, 0.5) is 5.69 Å². The highest BCUT2D eigenvalue weighted by atomic mass is 79.9. The number of ether oxygens (including phenoxy) is 1. The van der Waals surface area contributed by atoms with Crippen molar-refractivity contribution >= 4 is 31.6 Å². The van der Waals surface area contributed by atoms with Crippen LogP contribution < -0.4 is 14.8 Å². The fraction of sp³-hybridized carbons (Fsp3) is 0.538. The molecule has 1 aromatic rings. The minimum Gasteiger partial charge on any atom is -0.497 e. The first-order chi connectivity index (χ1) is 9.42. The largest absolute Gasteiger partial charge is 0.497 e. The molecule has 0 heterocycles. The monoisotopic (exact) mass is 362 g/mol. The van der Waals surface area contributed by atoms with E-state index in [1.807, 2.05) is 0 Å². The maximum absolute atomic E-state index is 12.3. The molecule has 1 saturated carbocycles. The average Bonchev–Trinajstić information content (AvgIpc) is 3.22. The summed E-state index contributed by atoms with van der Waals surface area (Å²) >= 11 is 3.34. The van der Waals surface area contributed by atoms with Gasteiger partial charge in [-0.3, -0.25) is 4.72 Å². The van der Waals surface area contributed by atoms with Gasteiger partial charge in [0.1, 0.15) is 5.75 Å². The second kappa shape index (κ2) is 6.32. The smallest absolute Gasteiger partial charge is 0.236 e. The molecule has 1 aliphatic carbocycles. The van der Waals surface area contributed by atoms with E-state index >= 15 is 0 Å². The third-order valence-electron chi connectivity index (χ3n) is 3.23.